The van der Waals surface area contributed by atoms with Crippen LogP contribution in [0.3, 0.4) is 0 Å². The predicted molar refractivity (Wildman–Crippen MR) is 109 cm³/mol. The zero-order valence-electron chi connectivity index (χ0n) is 15.3. The van der Waals surface area contributed by atoms with Gasteiger partial charge in [0.2, 0.25) is 0 Å². The number of rotatable bonds is 5. The molecule has 4 rings (SSSR count). The van der Waals surface area contributed by atoms with Gasteiger partial charge in [-0.3, -0.25) is 4.79 Å². The number of nitrogens with zero attached hydrogens (tertiary/aromatic N) is 1. The van der Waals surface area contributed by atoms with E-state index in [0.717, 1.165) is 27.7 Å². The summed E-state index contributed by atoms with van der Waals surface area (Å²) in [4.78, 5) is 12.2. The Bertz CT molecular complexity index is 1070. The molecule has 0 atom stereocenters. The smallest absolute Gasteiger partial charge is 0.311 e. The van der Waals surface area contributed by atoms with E-state index in [1.54, 1.807) is 0 Å². The average Bonchev–Trinajstić information content (AvgIpc) is 3.02. The maximum Gasteiger partial charge on any atom is 0.311 e. The third kappa shape index (κ3) is 3.36. The second kappa shape index (κ2) is 7.50. The summed E-state index contributed by atoms with van der Waals surface area (Å²) in [5, 5.41) is 1.15. The Balaban J connectivity index is 1.97. The Hall–Kier alpha value is -3.33. The Morgan fingerprint density at radius 1 is 0.852 bits per heavy atom. The van der Waals surface area contributed by atoms with Gasteiger partial charge in [0.15, 0.2) is 0 Å². The molecule has 0 bridgehead atoms. The number of carbonyl (C=O) groups excluding carboxylic acids is 1. The minimum absolute atomic E-state index is 0.232. The van der Waals surface area contributed by atoms with Gasteiger partial charge in [0.25, 0.3) is 0 Å². The van der Waals surface area contributed by atoms with Crippen LogP contribution in [0.2, 0.25) is 0 Å². The molecule has 0 aliphatic heterocycles. The Morgan fingerprint density at radius 2 is 1.48 bits per heavy atom. The average molecular weight is 355 g/mol. The first-order chi connectivity index (χ1) is 13.3. The van der Waals surface area contributed by atoms with E-state index in [4.69, 9.17) is 4.74 Å². The second-order valence-corrected chi connectivity index (χ2v) is 6.53. The molecule has 0 aliphatic carbocycles. The van der Waals surface area contributed by atoms with Crippen molar-refractivity contribution in [1.29, 1.82) is 0 Å². The number of esters is 1. The summed E-state index contributed by atoms with van der Waals surface area (Å²) < 4.78 is 7.23. The molecule has 4 aromatic rings. The molecule has 0 radical (unpaired) electrons. The number of fused-ring (bicyclic) bond motifs is 1. The van der Waals surface area contributed by atoms with Gasteiger partial charge < -0.3 is 9.30 Å². The van der Waals surface area contributed by atoms with E-state index in [-0.39, 0.29) is 12.4 Å². The van der Waals surface area contributed by atoms with E-state index in [1.807, 2.05) is 48.5 Å². The van der Waals surface area contributed by atoms with Crippen molar-refractivity contribution < 1.29 is 9.53 Å². The zero-order valence-corrected chi connectivity index (χ0v) is 15.3. The number of benzene rings is 3. The first-order valence-electron chi connectivity index (χ1n) is 9.04. The molecule has 0 N–H and O–H groups in total. The van der Waals surface area contributed by atoms with Crippen molar-refractivity contribution in [2.24, 2.45) is 0 Å². The number of ether oxygens (including phenoxy) is 1. The van der Waals surface area contributed by atoms with Gasteiger partial charge in [0.1, 0.15) is 0 Å². The number of para-hydroxylation sites is 1. The molecule has 1 heterocycles. The van der Waals surface area contributed by atoms with Gasteiger partial charge in [0.05, 0.1) is 13.5 Å². The molecule has 1 aromatic heterocycles. The number of aromatic nitrogens is 1. The summed E-state index contributed by atoms with van der Waals surface area (Å²) in [7, 11) is 1.44. The van der Waals surface area contributed by atoms with Gasteiger partial charge in [-0.25, -0.2) is 0 Å². The molecule has 0 fully saturated rings. The first-order valence-corrected chi connectivity index (χ1v) is 9.04. The molecular weight excluding hydrogens is 334 g/mol. The van der Waals surface area contributed by atoms with Crippen molar-refractivity contribution in [3.63, 3.8) is 0 Å². The minimum atomic E-state index is -0.232. The van der Waals surface area contributed by atoms with Crippen LogP contribution in [-0.2, 0) is 22.5 Å². The Morgan fingerprint density at radius 3 is 2.19 bits per heavy atom. The molecule has 0 aliphatic rings. The molecule has 134 valence electrons. The van der Waals surface area contributed by atoms with E-state index in [0.29, 0.717) is 6.54 Å². The van der Waals surface area contributed by atoms with Crippen LogP contribution < -0.4 is 0 Å². The molecule has 0 amide bonds. The number of hydrogen-bond donors (Lipinski definition) is 0. The second-order valence-electron chi connectivity index (χ2n) is 6.53. The van der Waals surface area contributed by atoms with Crippen molar-refractivity contribution in [3.8, 4) is 11.1 Å². The highest BCUT2D eigenvalue weighted by Gasteiger charge is 2.20. The van der Waals surface area contributed by atoms with E-state index in [9.17, 15) is 4.79 Å². The summed E-state index contributed by atoms with van der Waals surface area (Å²) in [6.07, 6.45) is 0.238. The third-order valence-electron chi connectivity index (χ3n) is 4.86. The van der Waals surface area contributed by atoms with Crippen molar-refractivity contribution in [2.75, 3.05) is 7.11 Å². The van der Waals surface area contributed by atoms with Crippen LogP contribution in [0.5, 0.6) is 0 Å². The van der Waals surface area contributed by atoms with Gasteiger partial charge in [-0.15, -0.1) is 0 Å². The normalized spacial score (nSPS) is 10.9. The maximum absolute atomic E-state index is 12.2. The van der Waals surface area contributed by atoms with E-state index in [1.165, 1.54) is 12.7 Å². The van der Waals surface area contributed by atoms with Crippen LogP contribution in [0, 0.1) is 0 Å². The van der Waals surface area contributed by atoms with Gasteiger partial charge in [-0.2, -0.15) is 0 Å². The first kappa shape index (κ1) is 17.1. The number of hydrogen-bond acceptors (Lipinski definition) is 2. The molecule has 0 saturated carbocycles. The van der Waals surface area contributed by atoms with E-state index >= 15 is 0 Å². The van der Waals surface area contributed by atoms with Crippen molar-refractivity contribution in [1.82, 2.24) is 4.57 Å². The number of methoxy groups -OCH3 is 1. The highest BCUT2D eigenvalue weighted by atomic mass is 16.5. The quantitative estimate of drug-likeness (QED) is 0.468. The summed E-state index contributed by atoms with van der Waals surface area (Å²) in [6.45, 7) is 0.709. The Kier molecular flexibility index (Phi) is 4.75. The lowest BCUT2D eigenvalue weighted by atomic mass is 10.0. The molecule has 3 aromatic carbocycles. The lowest BCUT2D eigenvalue weighted by molar-refractivity contribution is -0.139. The minimum Gasteiger partial charge on any atom is -0.469 e. The molecule has 0 spiro atoms. The van der Waals surface area contributed by atoms with Crippen molar-refractivity contribution >= 4 is 16.9 Å². The van der Waals surface area contributed by atoms with Crippen LogP contribution in [0.25, 0.3) is 22.0 Å². The fourth-order valence-electron chi connectivity index (χ4n) is 3.62. The van der Waals surface area contributed by atoms with Crippen LogP contribution in [0.1, 0.15) is 11.3 Å². The van der Waals surface area contributed by atoms with Gasteiger partial charge in [-0.1, -0.05) is 78.9 Å². The summed E-state index contributed by atoms with van der Waals surface area (Å²) in [6, 6.07) is 28.9. The topological polar surface area (TPSA) is 31.2 Å². The van der Waals surface area contributed by atoms with E-state index < -0.39 is 0 Å². The van der Waals surface area contributed by atoms with E-state index in [2.05, 4.69) is 41.0 Å². The molecule has 3 nitrogen and oxygen atoms in total. The third-order valence-corrected chi connectivity index (χ3v) is 4.86. The zero-order chi connectivity index (χ0) is 18.6. The lowest BCUT2D eigenvalue weighted by Gasteiger charge is -2.12. The van der Waals surface area contributed by atoms with Crippen molar-refractivity contribution in [3.05, 3.63) is 96.2 Å². The highest BCUT2D eigenvalue weighted by molar-refractivity contribution is 5.99. The predicted octanol–water partition coefficient (Wildman–Crippen LogP) is 5.07. The molecule has 0 saturated heterocycles. The van der Waals surface area contributed by atoms with Gasteiger partial charge in [-0.05, 0) is 17.2 Å². The van der Waals surface area contributed by atoms with Crippen molar-refractivity contribution in [2.45, 2.75) is 13.0 Å². The molecular formula is C24H21NO2. The number of carbonyl (C=O) groups is 1. The molecule has 27 heavy (non-hydrogen) atoms. The van der Waals surface area contributed by atoms with Crippen LogP contribution >= 0.6 is 0 Å². The van der Waals surface area contributed by atoms with Crippen LogP contribution in [0.15, 0.2) is 84.9 Å². The lowest BCUT2D eigenvalue weighted by Crippen LogP contribution is -2.12. The molecule has 3 heteroatoms. The monoisotopic (exact) mass is 355 g/mol. The summed E-state index contributed by atoms with van der Waals surface area (Å²) in [5.74, 6) is -0.232. The van der Waals surface area contributed by atoms with Crippen LogP contribution in [0.4, 0.5) is 0 Å². The fraction of sp³-hybridized carbons (Fsp3) is 0.125. The fourth-order valence-corrected chi connectivity index (χ4v) is 3.62. The van der Waals surface area contributed by atoms with Crippen LogP contribution in [-0.4, -0.2) is 17.6 Å². The summed E-state index contributed by atoms with van der Waals surface area (Å²) in [5.41, 5.74) is 5.52. The summed E-state index contributed by atoms with van der Waals surface area (Å²) >= 11 is 0. The SMILES string of the molecule is COC(=O)Cc1c(-c2ccccc2)c2ccccc2n1Cc1ccccc1. The highest BCUT2D eigenvalue weighted by Crippen LogP contribution is 2.36. The standard InChI is InChI=1S/C24H21NO2/c1-27-23(26)16-22-24(19-12-6-3-7-13-19)20-14-8-9-15-21(20)25(22)17-18-10-4-2-5-11-18/h2-15H,16-17H2,1H3. The molecule has 0 unspecified atom stereocenters. The van der Waals surface area contributed by atoms with Gasteiger partial charge in [0, 0.05) is 28.7 Å². The largest absolute Gasteiger partial charge is 0.469 e. The van der Waals surface area contributed by atoms with Gasteiger partial charge >= 0.3 is 5.97 Å². The maximum atomic E-state index is 12.2. The Labute approximate surface area is 158 Å².